The van der Waals surface area contributed by atoms with E-state index in [9.17, 15) is 4.79 Å². The third-order valence-electron chi connectivity index (χ3n) is 4.74. The molecule has 2 aromatic carbocycles. The van der Waals surface area contributed by atoms with Gasteiger partial charge in [0.15, 0.2) is 0 Å². The van der Waals surface area contributed by atoms with Gasteiger partial charge in [0, 0.05) is 12.1 Å². The smallest absolute Gasteiger partial charge is 0.252 e. The minimum Gasteiger partial charge on any atom is -0.342 e. The molecule has 3 aromatic rings. The third kappa shape index (κ3) is 3.79. The minimum atomic E-state index is -0.165. The fraction of sp³-hybridized carbons (Fsp3) is 0.364. The molecule has 1 aromatic heterocycles. The minimum absolute atomic E-state index is 0.0573. The Morgan fingerprint density at radius 1 is 1.08 bits per heavy atom. The quantitative estimate of drug-likeness (QED) is 0.689. The second-order valence-corrected chi connectivity index (χ2v) is 7.30. The molecule has 4 nitrogen and oxygen atoms in total. The summed E-state index contributed by atoms with van der Waals surface area (Å²) in [6.07, 6.45) is 1.08. The van der Waals surface area contributed by atoms with E-state index in [1.54, 1.807) is 0 Å². The molecule has 0 radical (unpaired) electrons. The number of nitrogens with one attached hydrogen (secondary N) is 1. The molecule has 1 heterocycles. The summed E-state index contributed by atoms with van der Waals surface area (Å²) < 4.78 is 2.25. The van der Waals surface area contributed by atoms with Crippen LogP contribution in [-0.2, 0) is 6.54 Å². The molecule has 0 saturated carbocycles. The van der Waals surface area contributed by atoms with Crippen molar-refractivity contribution in [1.82, 2.24) is 14.9 Å². The average Bonchev–Trinajstić information content (AvgIpc) is 2.99. The van der Waals surface area contributed by atoms with Crippen LogP contribution in [0.1, 0.15) is 55.0 Å². The molecular weight excluding hydrogens is 322 g/mol. The second-order valence-electron chi connectivity index (χ2n) is 7.30. The number of hydrogen-bond acceptors (Lipinski definition) is 2. The van der Waals surface area contributed by atoms with Crippen molar-refractivity contribution < 1.29 is 4.79 Å². The van der Waals surface area contributed by atoms with Crippen molar-refractivity contribution in [3.8, 4) is 0 Å². The Labute approximate surface area is 155 Å². The molecule has 1 atom stereocenters. The lowest BCUT2D eigenvalue weighted by atomic mass is 10.1. The summed E-state index contributed by atoms with van der Waals surface area (Å²) in [5.41, 5.74) is 3.79. The number of rotatable bonds is 6. The molecule has 0 aliphatic rings. The standard InChI is InChI=1S/C22H27N3O/c1-15(2)13-14-25-20-12-8-7-11-19(20)24-21(25)17(4)23-22(26)18-10-6-5-9-16(18)3/h5-12,15,17H,13-14H2,1-4H3,(H,23,26). The first-order valence-corrected chi connectivity index (χ1v) is 9.29. The van der Waals surface area contributed by atoms with Crippen molar-refractivity contribution in [2.75, 3.05) is 0 Å². The Morgan fingerprint density at radius 3 is 2.50 bits per heavy atom. The fourth-order valence-electron chi connectivity index (χ4n) is 3.21. The zero-order valence-corrected chi connectivity index (χ0v) is 16.0. The van der Waals surface area contributed by atoms with E-state index in [4.69, 9.17) is 4.98 Å². The first-order valence-electron chi connectivity index (χ1n) is 9.29. The number of benzene rings is 2. The first-order chi connectivity index (χ1) is 12.5. The van der Waals surface area contributed by atoms with Crippen LogP contribution >= 0.6 is 0 Å². The van der Waals surface area contributed by atoms with Crippen molar-refractivity contribution in [3.05, 3.63) is 65.5 Å². The van der Waals surface area contributed by atoms with E-state index in [2.05, 4.69) is 29.8 Å². The maximum atomic E-state index is 12.7. The van der Waals surface area contributed by atoms with Gasteiger partial charge >= 0.3 is 0 Å². The molecule has 3 rings (SSSR count). The van der Waals surface area contributed by atoms with Gasteiger partial charge in [-0.15, -0.1) is 0 Å². The number of carbonyl (C=O) groups excluding carboxylic acids is 1. The van der Waals surface area contributed by atoms with E-state index in [-0.39, 0.29) is 11.9 Å². The largest absolute Gasteiger partial charge is 0.342 e. The van der Waals surface area contributed by atoms with Gasteiger partial charge in [-0.2, -0.15) is 0 Å². The summed E-state index contributed by atoms with van der Waals surface area (Å²) in [5.74, 6) is 1.47. The summed E-state index contributed by atoms with van der Waals surface area (Å²) in [7, 11) is 0. The molecule has 0 saturated heterocycles. The topological polar surface area (TPSA) is 46.9 Å². The highest BCUT2D eigenvalue weighted by molar-refractivity contribution is 5.95. The van der Waals surface area contributed by atoms with Crippen LogP contribution in [0.25, 0.3) is 11.0 Å². The maximum Gasteiger partial charge on any atom is 0.252 e. The van der Waals surface area contributed by atoms with Gasteiger partial charge in [0.25, 0.3) is 5.91 Å². The molecule has 1 amide bonds. The van der Waals surface area contributed by atoms with Crippen LogP contribution in [0.3, 0.4) is 0 Å². The van der Waals surface area contributed by atoms with Crippen LogP contribution in [-0.4, -0.2) is 15.5 Å². The number of hydrogen-bond donors (Lipinski definition) is 1. The monoisotopic (exact) mass is 349 g/mol. The van der Waals surface area contributed by atoms with Crippen molar-refractivity contribution in [3.63, 3.8) is 0 Å². The normalized spacial score (nSPS) is 12.5. The fourth-order valence-corrected chi connectivity index (χ4v) is 3.21. The Morgan fingerprint density at radius 2 is 1.77 bits per heavy atom. The van der Waals surface area contributed by atoms with Gasteiger partial charge in [-0.05, 0) is 49.9 Å². The second kappa shape index (κ2) is 7.73. The number of para-hydroxylation sites is 2. The summed E-state index contributed by atoms with van der Waals surface area (Å²) in [5, 5.41) is 3.12. The van der Waals surface area contributed by atoms with E-state index in [0.717, 1.165) is 35.4 Å². The van der Waals surface area contributed by atoms with E-state index < -0.39 is 0 Å². The zero-order valence-electron chi connectivity index (χ0n) is 16.0. The number of carbonyl (C=O) groups is 1. The highest BCUT2D eigenvalue weighted by Gasteiger charge is 2.19. The molecule has 4 heteroatoms. The van der Waals surface area contributed by atoms with E-state index in [1.165, 1.54) is 0 Å². The van der Waals surface area contributed by atoms with Crippen LogP contribution in [0.15, 0.2) is 48.5 Å². The SMILES string of the molecule is Cc1ccccc1C(=O)NC(C)c1nc2ccccc2n1CCC(C)C. The number of nitrogens with zero attached hydrogens (tertiary/aromatic N) is 2. The number of fused-ring (bicyclic) bond motifs is 1. The van der Waals surface area contributed by atoms with Gasteiger partial charge in [-0.25, -0.2) is 4.98 Å². The van der Waals surface area contributed by atoms with Crippen LogP contribution in [0.5, 0.6) is 0 Å². The average molecular weight is 349 g/mol. The van der Waals surface area contributed by atoms with E-state index in [0.29, 0.717) is 11.5 Å². The molecule has 136 valence electrons. The molecular formula is C22H27N3O. The molecule has 0 aliphatic heterocycles. The lowest BCUT2D eigenvalue weighted by molar-refractivity contribution is 0.0937. The highest BCUT2D eigenvalue weighted by atomic mass is 16.1. The molecule has 0 spiro atoms. The molecule has 1 unspecified atom stereocenters. The summed E-state index contributed by atoms with van der Waals surface area (Å²) in [6.45, 7) is 9.31. The Hall–Kier alpha value is -2.62. The zero-order chi connectivity index (χ0) is 18.7. The first kappa shape index (κ1) is 18.2. The number of amides is 1. The lowest BCUT2D eigenvalue weighted by Crippen LogP contribution is -2.29. The summed E-state index contributed by atoms with van der Waals surface area (Å²) in [4.78, 5) is 17.5. The predicted molar refractivity (Wildman–Crippen MR) is 106 cm³/mol. The van der Waals surface area contributed by atoms with Crippen molar-refractivity contribution in [2.45, 2.75) is 46.7 Å². The number of aromatic nitrogens is 2. The van der Waals surface area contributed by atoms with E-state index in [1.807, 2.05) is 56.3 Å². The predicted octanol–water partition coefficient (Wildman–Crippen LogP) is 4.88. The highest BCUT2D eigenvalue weighted by Crippen LogP contribution is 2.22. The maximum absolute atomic E-state index is 12.7. The molecule has 1 N–H and O–H groups in total. The lowest BCUT2D eigenvalue weighted by Gasteiger charge is -2.17. The van der Waals surface area contributed by atoms with Gasteiger partial charge in [-0.3, -0.25) is 4.79 Å². The third-order valence-corrected chi connectivity index (χ3v) is 4.74. The van der Waals surface area contributed by atoms with Gasteiger partial charge in [0.2, 0.25) is 0 Å². The van der Waals surface area contributed by atoms with E-state index >= 15 is 0 Å². The molecule has 0 fully saturated rings. The summed E-state index contributed by atoms with van der Waals surface area (Å²) in [6, 6.07) is 15.7. The number of aryl methyl sites for hydroxylation is 2. The molecule has 0 bridgehead atoms. The molecule has 0 aliphatic carbocycles. The van der Waals surface area contributed by atoms with Crippen LogP contribution in [0.2, 0.25) is 0 Å². The van der Waals surface area contributed by atoms with Gasteiger partial charge < -0.3 is 9.88 Å². The van der Waals surface area contributed by atoms with Crippen molar-refractivity contribution in [2.24, 2.45) is 5.92 Å². The molecule has 26 heavy (non-hydrogen) atoms. The van der Waals surface area contributed by atoms with Crippen LogP contribution in [0.4, 0.5) is 0 Å². The van der Waals surface area contributed by atoms with Crippen LogP contribution in [0, 0.1) is 12.8 Å². The van der Waals surface area contributed by atoms with Gasteiger partial charge in [-0.1, -0.05) is 44.2 Å². The number of imidazole rings is 1. The Kier molecular flexibility index (Phi) is 5.40. The Balaban J connectivity index is 1.89. The Bertz CT molecular complexity index is 911. The summed E-state index contributed by atoms with van der Waals surface area (Å²) >= 11 is 0. The van der Waals surface area contributed by atoms with Crippen molar-refractivity contribution >= 4 is 16.9 Å². The van der Waals surface area contributed by atoms with Gasteiger partial charge in [0.1, 0.15) is 5.82 Å². The van der Waals surface area contributed by atoms with Crippen molar-refractivity contribution in [1.29, 1.82) is 0 Å². The van der Waals surface area contributed by atoms with Crippen LogP contribution < -0.4 is 5.32 Å². The van der Waals surface area contributed by atoms with Gasteiger partial charge in [0.05, 0.1) is 17.1 Å².